The first-order chi connectivity index (χ1) is 13.7. The van der Waals surface area contributed by atoms with E-state index in [1.165, 1.54) is 16.0 Å². The first kappa shape index (κ1) is 18.5. The number of hydrogen-bond donors (Lipinski definition) is 1. The number of nitrogens with one attached hydrogen (secondary N) is 1. The highest BCUT2D eigenvalue weighted by atomic mass is 32.2. The monoisotopic (exact) mass is 390 g/mol. The van der Waals surface area contributed by atoms with Gasteiger partial charge < -0.3 is 9.84 Å². The number of rotatable bonds is 6. The van der Waals surface area contributed by atoms with Crippen LogP contribution in [-0.4, -0.2) is 21.4 Å². The van der Waals surface area contributed by atoms with Crippen LogP contribution in [0.15, 0.2) is 57.9 Å². The number of nitrogens with zero attached hydrogens (tertiary/aromatic N) is 3. The zero-order valence-electron chi connectivity index (χ0n) is 16.2. The van der Waals surface area contributed by atoms with E-state index in [2.05, 4.69) is 70.0 Å². The highest BCUT2D eigenvalue weighted by Gasteiger charge is 2.18. The fraction of sp³-hybridized carbons (Fsp3) is 0.227. The van der Waals surface area contributed by atoms with E-state index in [0.29, 0.717) is 17.9 Å². The number of fused-ring (bicyclic) bond motifs is 1. The molecule has 2 aromatic carbocycles. The Morgan fingerprint density at radius 3 is 2.43 bits per heavy atom. The van der Waals surface area contributed by atoms with Crippen LogP contribution in [0.4, 0.5) is 5.82 Å². The van der Waals surface area contributed by atoms with Crippen molar-refractivity contribution in [2.24, 2.45) is 0 Å². The van der Waals surface area contributed by atoms with Crippen LogP contribution >= 0.6 is 11.8 Å². The van der Waals surface area contributed by atoms with Crippen LogP contribution in [0.2, 0.25) is 0 Å². The third-order valence-electron chi connectivity index (χ3n) is 4.62. The smallest absolute Gasteiger partial charge is 0.228 e. The molecule has 0 atom stereocenters. The minimum absolute atomic E-state index is 0.591. The summed E-state index contributed by atoms with van der Waals surface area (Å²) in [6, 6.07) is 16.7. The highest BCUT2D eigenvalue weighted by molar-refractivity contribution is 7.98. The van der Waals surface area contributed by atoms with Gasteiger partial charge in [-0.1, -0.05) is 54.0 Å². The zero-order valence-corrected chi connectivity index (χ0v) is 17.0. The van der Waals surface area contributed by atoms with Crippen molar-refractivity contribution in [2.45, 2.75) is 31.7 Å². The largest absolute Gasteiger partial charge is 0.363 e. The van der Waals surface area contributed by atoms with E-state index >= 15 is 0 Å². The minimum Gasteiger partial charge on any atom is -0.363 e. The maximum absolute atomic E-state index is 5.65. The fourth-order valence-electron chi connectivity index (χ4n) is 2.99. The lowest BCUT2D eigenvalue weighted by Gasteiger charge is -2.08. The standard InChI is InChI=1S/C22H22N4OS/c1-4-18-24-20-19(16-9-5-14(2)6-10-16)26-27-21(20)22(25-18)23-13-15-7-11-17(28-3)12-8-15/h5-12H,4,13H2,1-3H3,(H,23,24,25). The molecule has 0 spiro atoms. The van der Waals surface area contributed by atoms with Crippen molar-refractivity contribution in [2.75, 3.05) is 11.6 Å². The van der Waals surface area contributed by atoms with E-state index in [4.69, 9.17) is 4.52 Å². The van der Waals surface area contributed by atoms with Gasteiger partial charge in [0.15, 0.2) is 5.82 Å². The van der Waals surface area contributed by atoms with Gasteiger partial charge >= 0.3 is 0 Å². The molecule has 6 heteroatoms. The summed E-state index contributed by atoms with van der Waals surface area (Å²) in [7, 11) is 0. The Morgan fingerprint density at radius 2 is 1.75 bits per heavy atom. The van der Waals surface area contributed by atoms with Crippen molar-refractivity contribution in [1.82, 2.24) is 15.1 Å². The molecule has 4 rings (SSSR count). The summed E-state index contributed by atoms with van der Waals surface area (Å²) in [5.74, 6) is 1.45. The van der Waals surface area contributed by atoms with E-state index in [9.17, 15) is 0 Å². The van der Waals surface area contributed by atoms with Gasteiger partial charge in [0.05, 0.1) is 0 Å². The minimum atomic E-state index is 0.591. The van der Waals surface area contributed by atoms with Gasteiger partial charge in [-0.15, -0.1) is 11.8 Å². The molecule has 0 amide bonds. The van der Waals surface area contributed by atoms with Crippen molar-refractivity contribution in [3.8, 4) is 11.3 Å². The lowest BCUT2D eigenvalue weighted by molar-refractivity contribution is 0.459. The van der Waals surface area contributed by atoms with Crippen LogP contribution in [0.5, 0.6) is 0 Å². The third kappa shape index (κ3) is 3.73. The molecule has 0 aliphatic rings. The van der Waals surface area contributed by atoms with Crippen LogP contribution in [-0.2, 0) is 13.0 Å². The van der Waals surface area contributed by atoms with Gasteiger partial charge in [0.2, 0.25) is 5.58 Å². The van der Waals surface area contributed by atoms with Crippen molar-refractivity contribution in [3.05, 3.63) is 65.5 Å². The van der Waals surface area contributed by atoms with Gasteiger partial charge in [0.25, 0.3) is 0 Å². The van der Waals surface area contributed by atoms with E-state index in [0.717, 1.165) is 29.0 Å². The molecule has 0 unspecified atom stereocenters. The number of thioether (sulfide) groups is 1. The predicted molar refractivity (Wildman–Crippen MR) is 115 cm³/mol. The molecule has 142 valence electrons. The molecule has 0 fully saturated rings. The van der Waals surface area contributed by atoms with E-state index in [-0.39, 0.29) is 0 Å². The van der Waals surface area contributed by atoms with Crippen molar-refractivity contribution < 1.29 is 4.52 Å². The second-order valence-corrected chi connectivity index (χ2v) is 7.50. The van der Waals surface area contributed by atoms with Gasteiger partial charge in [-0.25, -0.2) is 9.97 Å². The van der Waals surface area contributed by atoms with Crippen LogP contribution in [0.1, 0.15) is 23.9 Å². The van der Waals surface area contributed by atoms with Crippen LogP contribution in [0, 0.1) is 6.92 Å². The maximum Gasteiger partial charge on any atom is 0.228 e. The topological polar surface area (TPSA) is 63.8 Å². The zero-order chi connectivity index (χ0) is 19.5. The maximum atomic E-state index is 5.65. The number of aryl methyl sites for hydroxylation is 2. The van der Waals surface area contributed by atoms with Gasteiger partial charge in [-0.05, 0) is 30.9 Å². The molecule has 0 saturated carbocycles. The molecule has 28 heavy (non-hydrogen) atoms. The fourth-order valence-corrected chi connectivity index (χ4v) is 3.39. The SMILES string of the molecule is CCc1nc(NCc2ccc(SC)cc2)c2onc(-c3ccc(C)cc3)c2n1. The highest BCUT2D eigenvalue weighted by Crippen LogP contribution is 2.30. The number of benzene rings is 2. The molecule has 2 aromatic heterocycles. The number of aromatic nitrogens is 3. The first-order valence-corrected chi connectivity index (χ1v) is 10.5. The average molecular weight is 391 g/mol. The van der Waals surface area contributed by atoms with Crippen molar-refractivity contribution >= 4 is 28.7 Å². The van der Waals surface area contributed by atoms with Gasteiger partial charge in [0, 0.05) is 23.4 Å². The van der Waals surface area contributed by atoms with Crippen LogP contribution in [0.3, 0.4) is 0 Å². The van der Waals surface area contributed by atoms with Gasteiger partial charge in [0.1, 0.15) is 17.0 Å². The second kappa shape index (κ2) is 8.02. The lowest BCUT2D eigenvalue weighted by Crippen LogP contribution is -2.05. The number of hydrogen-bond acceptors (Lipinski definition) is 6. The van der Waals surface area contributed by atoms with Crippen LogP contribution < -0.4 is 5.32 Å². The van der Waals surface area contributed by atoms with E-state index in [1.807, 2.05) is 19.1 Å². The van der Waals surface area contributed by atoms with E-state index < -0.39 is 0 Å². The molecule has 0 aliphatic heterocycles. The Balaban J connectivity index is 1.68. The number of anilines is 1. The Bertz CT molecular complexity index is 1090. The Morgan fingerprint density at radius 1 is 1.00 bits per heavy atom. The summed E-state index contributed by atoms with van der Waals surface area (Å²) in [6.07, 6.45) is 2.82. The molecule has 4 aromatic rings. The molecule has 0 bridgehead atoms. The van der Waals surface area contributed by atoms with Crippen molar-refractivity contribution in [1.29, 1.82) is 0 Å². The molecular formula is C22H22N4OS. The van der Waals surface area contributed by atoms with E-state index in [1.54, 1.807) is 11.8 Å². The van der Waals surface area contributed by atoms with Gasteiger partial charge in [-0.2, -0.15) is 0 Å². The second-order valence-electron chi connectivity index (χ2n) is 6.62. The van der Waals surface area contributed by atoms with Crippen molar-refractivity contribution in [3.63, 3.8) is 0 Å². The van der Waals surface area contributed by atoms with Crippen LogP contribution in [0.25, 0.3) is 22.4 Å². The molecule has 0 saturated heterocycles. The molecule has 0 radical (unpaired) electrons. The summed E-state index contributed by atoms with van der Waals surface area (Å²) in [4.78, 5) is 10.6. The average Bonchev–Trinajstić information content (AvgIpc) is 3.17. The lowest BCUT2D eigenvalue weighted by atomic mass is 10.1. The Labute approximate surface area is 168 Å². The quantitative estimate of drug-likeness (QED) is 0.439. The summed E-state index contributed by atoms with van der Waals surface area (Å²) in [5.41, 5.74) is 5.46. The molecule has 2 heterocycles. The molecule has 5 nitrogen and oxygen atoms in total. The normalized spacial score (nSPS) is 11.1. The Hall–Kier alpha value is -2.86. The Kier molecular flexibility index (Phi) is 5.30. The third-order valence-corrected chi connectivity index (χ3v) is 5.37. The predicted octanol–water partition coefficient (Wildman–Crippen LogP) is 5.49. The summed E-state index contributed by atoms with van der Waals surface area (Å²) in [6.45, 7) is 4.77. The summed E-state index contributed by atoms with van der Waals surface area (Å²) < 4.78 is 5.65. The molecule has 1 N–H and O–H groups in total. The molecule has 0 aliphatic carbocycles. The summed E-state index contributed by atoms with van der Waals surface area (Å²) in [5, 5.41) is 7.69. The van der Waals surface area contributed by atoms with Gasteiger partial charge in [-0.3, -0.25) is 0 Å². The first-order valence-electron chi connectivity index (χ1n) is 9.28. The molecular weight excluding hydrogens is 368 g/mol. The summed E-state index contributed by atoms with van der Waals surface area (Å²) >= 11 is 1.74.